The summed E-state index contributed by atoms with van der Waals surface area (Å²) in [7, 11) is 0. The first kappa shape index (κ1) is 14.8. The topological polar surface area (TPSA) is 41.1 Å². The van der Waals surface area contributed by atoms with Gasteiger partial charge in [-0.05, 0) is 19.3 Å². The Morgan fingerprint density at radius 2 is 2.18 bits per heavy atom. The molecule has 0 aromatic heterocycles. The van der Waals surface area contributed by atoms with Crippen molar-refractivity contribution in [3.05, 3.63) is 0 Å². The predicted molar refractivity (Wildman–Crippen MR) is 75.4 cm³/mol. The van der Waals surface area contributed by atoms with Crippen LogP contribution in [0, 0.1) is 5.92 Å². The normalized spacial score (nSPS) is 22.5. The monoisotopic (exact) mass is 258 g/mol. The fraction of sp³-hybridized carbons (Fsp3) is 0.923. The Morgan fingerprint density at radius 3 is 2.76 bits per heavy atom. The zero-order chi connectivity index (χ0) is 12.7. The van der Waals surface area contributed by atoms with Crippen LogP contribution in [-0.4, -0.2) is 36.0 Å². The van der Waals surface area contributed by atoms with Crippen molar-refractivity contribution in [2.45, 2.75) is 52.1 Å². The molecular weight excluding hydrogens is 232 g/mol. The molecule has 0 radical (unpaired) electrons. The van der Waals surface area contributed by atoms with Gasteiger partial charge in [-0.3, -0.25) is 4.79 Å². The van der Waals surface area contributed by atoms with Crippen LogP contribution < -0.4 is 10.6 Å². The summed E-state index contributed by atoms with van der Waals surface area (Å²) in [6.07, 6.45) is 3.54. The average molecular weight is 258 g/mol. The maximum Gasteiger partial charge on any atom is 0.238 e. The third kappa shape index (κ3) is 6.32. The summed E-state index contributed by atoms with van der Waals surface area (Å²) in [6.45, 7) is 7.54. The smallest absolute Gasteiger partial charge is 0.238 e. The maximum atomic E-state index is 11.9. The molecule has 17 heavy (non-hydrogen) atoms. The second kappa shape index (κ2) is 7.98. The molecule has 0 spiro atoms. The minimum Gasteiger partial charge on any atom is -0.352 e. The van der Waals surface area contributed by atoms with Crippen LogP contribution in [0.4, 0.5) is 0 Å². The van der Waals surface area contributed by atoms with Crippen LogP contribution in [0.25, 0.3) is 0 Å². The summed E-state index contributed by atoms with van der Waals surface area (Å²) in [5.41, 5.74) is 0. The fourth-order valence-electron chi connectivity index (χ4n) is 1.98. The Hall–Kier alpha value is -0.220. The van der Waals surface area contributed by atoms with E-state index in [0.717, 1.165) is 30.4 Å². The molecule has 0 aromatic carbocycles. The lowest BCUT2D eigenvalue weighted by molar-refractivity contribution is -0.123. The lowest BCUT2D eigenvalue weighted by atomic mass is 10.0. The van der Waals surface area contributed by atoms with Gasteiger partial charge in [-0.25, -0.2) is 0 Å². The fourth-order valence-corrected chi connectivity index (χ4v) is 2.92. The number of hydrogen-bond acceptors (Lipinski definition) is 3. The van der Waals surface area contributed by atoms with Crippen LogP contribution in [0.5, 0.6) is 0 Å². The van der Waals surface area contributed by atoms with Gasteiger partial charge in [0.15, 0.2) is 0 Å². The third-order valence-electron chi connectivity index (χ3n) is 3.05. The predicted octanol–water partition coefficient (Wildman–Crippen LogP) is 2.02. The van der Waals surface area contributed by atoms with Gasteiger partial charge in [0.2, 0.25) is 5.91 Å². The molecule has 1 heterocycles. The number of amides is 1. The Morgan fingerprint density at radius 1 is 1.41 bits per heavy atom. The highest BCUT2D eigenvalue weighted by Gasteiger charge is 2.21. The van der Waals surface area contributed by atoms with Crippen LogP contribution in [-0.2, 0) is 4.79 Å². The van der Waals surface area contributed by atoms with Crippen LogP contribution in [0.2, 0.25) is 0 Å². The zero-order valence-corrected chi connectivity index (χ0v) is 12.1. The van der Waals surface area contributed by atoms with Gasteiger partial charge in [0.05, 0.1) is 6.04 Å². The minimum atomic E-state index is 0.0151. The second-order valence-electron chi connectivity index (χ2n) is 5.32. The molecule has 1 amide bonds. The number of carbonyl (C=O) groups excluding carboxylic acids is 1. The standard InChI is InChI=1S/C13H26N2OS/c1-10(2)5-4-6-11(3)15-13(16)12-9-17-8-7-14-12/h10-12,14H,4-9H2,1-3H3,(H,15,16). The summed E-state index contributed by atoms with van der Waals surface area (Å²) in [5.74, 6) is 2.96. The van der Waals surface area contributed by atoms with Gasteiger partial charge in [-0.1, -0.05) is 26.7 Å². The van der Waals surface area contributed by atoms with E-state index < -0.39 is 0 Å². The summed E-state index contributed by atoms with van der Waals surface area (Å²) >= 11 is 1.86. The first-order valence-corrected chi connectivity index (χ1v) is 7.86. The van der Waals surface area contributed by atoms with Crippen LogP contribution in [0.1, 0.15) is 40.0 Å². The molecule has 0 aromatic rings. The Bertz CT molecular complexity index is 227. The largest absolute Gasteiger partial charge is 0.352 e. The molecule has 0 bridgehead atoms. The summed E-state index contributed by atoms with van der Waals surface area (Å²) in [6, 6.07) is 0.316. The highest BCUT2D eigenvalue weighted by molar-refractivity contribution is 7.99. The molecule has 1 fully saturated rings. The van der Waals surface area contributed by atoms with Gasteiger partial charge < -0.3 is 10.6 Å². The van der Waals surface area contributed by atoms with Crippen molar-refractivity contribution in [1.82, 2.24) is 10.6 Å². The van der Waals surface area contributed by atoms with Gasteiger partial charge in [0.1, 0.15) is 0 Å². The van der Waals surface area contributed by atoms with Crippen molar-refractivity contribution < 1.29 is 4.79 Å². The third-order valence-corrected chi connectivity index (χ3v) is 4.11. The Labute approximate surface area is 109 Å². The SMILES string of the molecule is CC(C)CCCC(C)NC(=O)C1CSCCN1. The lowest BCUT2D eigenvalue weighted by Gasteiger charge is -2.24. The van der Waals surface area contributed by atoms with Crippen molar-refractivity contribution in [1.29, 1.82) is 0 Å². The molecule has 0 saturated carbocycles. The zero-order valence-electron chi connectivity index (χ0n) is 11.3. The van der Waals surface area contributed by atoms with Gasteiger partial charge in [0.25, 0.3) is 0 Å². The molecule has 2 N–H and O–H groups in total. The van der Waals surface area contributed by atoms with E-state index in [1.54, 1.807) is 0 Å². The highest BCUT2D eigenvalue weighted by atomic mass is 32.2. The van der Waals surface area contributed by atoms with Gasteiger partial charge >= 0.3 is 0 Å². The van der Waals surface area contributed by atoms with E-state index in [2.05, 4.69) is 31.4 Å². The molecule has 1 aliphatic rings. The molecule has 0 aliphatic carbocycles. The first-order valence-electron chi connectivity index (χ1n) is 6.71. The molecule has 4 heteroatoms. The average Bonchev–Trinajstić information content (AvgIpc) is 2.29. The van der Waals surface area contributed by atoms with Crippen LogP contribution >= 0.6 is 11.8 Å². The van der Waals surface area contributed by atoms with Gasteiger partial charge in [0, 0.05) is 24.1 Å². The molecule has 100 valence electrons. The van der Waals surface area contributed by atoms with Crippen molar-refractivity contribution >= 4 is 17.7 Å². The molecular formula is C13H26N2OS. The van der Waals surface area contributed by atoms with Crippen molar-refractivity contribution in [3.8, 4) is 0 Å². The van der Waals surface area contributed by atoms with E-state index in [-0.39, 0.29) is 11.9 Å². The van der Waals surface area contributed by atoms with E-state index in [9.17, 15) is 4.79 Å². The lowest BCUT2D eigenvalue weighted by Crippen LogP contribution is -2.50. The van der Waals surface area contributed by atoms with E-state index in [0.29, 0.717) is 6.04 Å². The van der Waals surface area contributed by atoms with E-state index in [1.807, 2.05) is 11.8 Å². The van der Waals surface area contributed by atoms with E-state index >= 15 is 0 Å². The van der Waals surface area contributed by atoms with Crippen molar-refractivity contribution in [3.63, 3.8) is 0 Å². The molecule has 1 saturated heterocycles. The summed E-state index contributed by atoms with van der Waals surface area (Å²) < 4.78 is 0. The second-order valence-corrected chi connectivity index (χ2v) is 6.47. The van der Waals surface area contributed by atoms with Gasteiger partial charge in [-0.15, -0.1) is 0 Å². The summed E-state index contributed by atoms with van der Waals surface area (Å²) in [5, 5.41) is 6.37. The first-order chi connectivity index (χ1) is 8.09. The molecule has 2 unspecified atom stereocenters. The number of nitrogens with one attached hydrogen (secondary N) is 2. The molecule has 1 rings (SSSR count). The van der Waals surface area contributed by atoms with Crippen molar-refractivity contribution in [2.75, 3.05) is 18.1 Å². The highest BCUT2D eigenvalue weighted by Crippen LogP contribution is 2.10. The number of hydrogen-bond donors (Lipinski definition) is 2. The van der Waals surface area contributed by atoms with Crippen LogP contribution in [0.15, 0.2) is 0 Å². The van der Waals surface area contributed by atoms with Crippen molar-refractivity contribution in [2.24, 2.45) is 5.92 Å². The molecule has 3 nitrogen and oxygen atoms in total. The number of thioether (sulfide) groups is 1. The molecule has 2 atom stereocenters. The van der Waals surface area contributed by atoms with E-state index in [4.69, 9.17) is 0 Å². The maximum absolute atomic E-state index is 11.9. The van der Waals surface area contributed by atoms with E-state index in [1.165, 1.54) is 12.8 Å². The Balaban J connectivity index is 2.15. The van der Waals surface area contributed by atoms with Gasteiger partial charge in [-0.2, -0.15) is 11.8 Å². The quantitative estimate of drug-likeness (QED) is 0.766. The minimum absolute atomic E-state index is 0.0151. The number of carbonyl (C=O) groups is 1. The number of rotatable bonds is 6. The molecule has 1 aliphatic heterocycles. The van der Waals surface area contributed by atoms with Crippen LogP contribution in [0.3, 0.4) is 0 Å². The summed E-state index contributed by atoms with van der Waals surface area (Å²) in [4.78, 5) is 11.9. The Kier molecular flexibility index (Phi) is 6.97.